The zero-order valence-electron chi connectivity index (χ0n) is 15.2. The van der Waals surface area contributed by atoms with E-state index in [1.165, 1.54) is 4.90 Å². The third-order valence-electron chi connectivity index (χ3n) is 3.95. The van der Waals surface area contributed by atoms with Gasteiger partial charge < -0.3 is 4.74 Å². The zero-order chi connectivity index (χ0) is 18.0. The summed E-state index contributed by atoms with van der Waals surface area (Å²) >= 11 is 1.02. The summed E-state index contributed by atoms with van der Waals surface area (Å²) in [5.74, 6) is 1.23. The fraction of sp³-hybridized carbons (Fsp3) is 0.474. The summed E-state index contributed by atoms with van der Waals surface area (Å²) in [5, 5.41) is -0.185. The first-order chi connectivity index (χ1) is 11.2. The molecule has 1 aromatic carbocycles. The molecule has 1 saturated heterocycles. The van der Waals surface area contributed by atoms with Crippen LogP contribution in [0.4, 0.5) is 4.79 Å². The van der Waals surface area contributed by atoms with Crippen LogP contribution in [-0.4, -0.2) is 29.7 Å². The van der Waals surface area contributed by atoms with E-state index >= 15 is 0 Å². The van der Waals surface area contributed by atoms with Crippen LogP contribution in [0.5, 0.6) is 5.75 Å². The molecular formula is C19H25NO3S. The summed E-state index contributed by atoms with van der Waals surface area (Å²) in [6.07, 6.45) is 1.83. The molecule has 4 nitrogen and oxygen atoms in total. The lowest BCUT2D eigenvalue weighted by molar-refractivity contribution is -0.123. The van der Waals surface area contributed by atoms with E-state index in [0.29, 0.717) is 17.4 Å². The predicted molar refractivity (Wildman–Crippen MR) is 99.3 cm³/mol. The van der Waals surface area contributed by atoms with Gasteiger partial charge in [-0.05, 0) is 65.4 Å². The number of hydrogen-bond donors (Lipinski definition) is 0. The minimum Gasteiger partial charge on any atom is -0.496 e. The average molecular weight is 347 g/mol. The Hall–Kier alpha value is -1.75. The number of carbonyl (C=O) groups is 2. The van der Waals surface area contributed by atoms with Gasteiger partial charge in [-0.2, -0.15) is 0 Å². The number of ether oxygens (including phenoxy) is 1. The van der Waals surface area contributed by atoms with E-state index < -0.39 is 0 Å². The van der Waals surface area contributed by atoms with Crippen LogP contribution in [0.2, 0.25) is 0 Å². The molecule has 0 saturated carbocycles. The molecule has 1 fully saturated rings. The Balaban J connectivity index is 2.39. The molecule has 0 aromatic heterocycles. The van der Waals surface area contributed by atoms with Crippen molar-refractivity contribution in [2.75, 3.05) is 13.7 Å². The van der Waals surface area contributed by atoms with E-state index in [4.69, 9.17) is 4.74 Å². The molecule has 24 heavy (non-hydrogen) atoms. The zero-order valence-corrected chi connectivity index (χ0v) is 16.0. The number of amides is 2. The van der Waals surface area contributed by atoms with Crippen LogP contribution in [0.25, 0.3) is 6.08 Å². The van der Waals surface area contributed by atoms with Crippen LogP contribution in [-0.2, 0) is 4.79 Å². The van der Waals surface area contributed by atoms with Crippen LogP contribution in [0, 0.1) is 12.8 Å². The lowest BCUT2D eigenvalue weighted by atomic mass is 9.96. The molecule has 130 valence electrons. The smallest absolute Gasteiger partial charge is 0.293 e. The van der Waals surface area contributed by atoms with E-state index in [-0.39, 0.29) is 17.1 Å². The monoisotopic (exact) mass is 347 g/mol. The molecule has 0 spiro atoms. The van der Waals surface area contributed by atoms with Gasteiger partial charge in [0, 0.05) is 6.54 Å². The number of aryl methyl sites for hydroxylation is 1. The maximum Gasteiger partial charge on any atom is 0.293 e. The van der Waals surface area contributed by atoms with Gasteiger partial charge in [0.25, 0.3) is 11.1 Å². The lowest BCUT2D eigenvalue weighted by Gasteiger charge is -2.15. The highest BCUT2D eigenvalue weighted by Gasteiger charge is 2.35. The van der Waals surface area contributed by atoms with Gasteiger partial charge in [0.2, 0.25) is 0 Å². The second kappa shape index (κ2) is 7.43. The Morgan fingerprint density at radius 2 is 1.88 bits per heavy atom. The molecule has 1 heterocycles. The number of rotatable bonds is 5. The standard InChI is InChI=1S/C19H25NO3S/c1-11(2)10-20-18(21)17(24-19(20)22)9-14-8-15(12(3)4)16(23-6)7-13(14)5/h7-9,11-12H,10H2,1-6H3. The number of imide groups is 1. The van der Waals surface area contributed by atoms with Crippen molar-refractivity contribution in [1.82, 2.24) is 4.90 Å². The number of benzene rings is 1. The topological polar surface area (TPSA) is 46.6 Å². The molecule has 0 bridgehead atoms. The maximum atomic E-state index is 12.5. The Morgan fingerprint density at radius 3 is 2.42 bits per heavy atom. The minimum atomic E-state index is -0.194. The summed E-state index contributed by atoms with van der Waals surface area (Å²) < 4.78 is 5.46. The second-order valence-electron chi connectivity index (χ2n) is 6.79. The molecule has 0 N–H and O–H groups in total. The molecule has 0 radical (unpaired) electrons. The minimum absolute atomic E-state index is 0.185. The number of hydrogen-bond acceptors (Lipinski definition) is 4. The van der Waals surface area contributed by atoms with Gasteiger partial charge in [-0.1, -0.05) is 27.7 Å². The summed E-state index contributed by atoms with van der Waals surface area (Å²) in [5.41, 5.74) is 3.07. The molecule has 1 aliphatic heterocycles. The maximum absolute atomic E-state index is 12.5. The quantitative estimate of drug-likeness (QED) is 0.717. The van der Waals surface area contributed by atoms with Crippen LogP contribution >= 0.6 is 11.8 Å². The average Bonchev–Trinajstić information content (AvgIpc) is 2.75. The van der Waals surface area contributed by atoms with Gasteiger partial charge in [-0.25, -0.2) is 0 Å². The van der Waals surface area contributed by atoms with Gasteiger partial charge in [0.05, 0.1) is 12.0 Å². The Bertz CT molecular complexity index is 692. The summed E-state index contributed by atoms with van der Waals surface area (Å²) in [4.78, 5) is 26.4. The van der Waals surface area contributed by atoms with Crippen LogP contribution in [0.3, 0.4) is 0 Å². The highest BCUT2D eigenvalue weighted by Crippen LogP contribution is 2.35. The molecule has 2 rings (SSSR count). The van der Waals surface area contributed by atoms with Gasteiger partial charge in [-0.15, -0.1) is 0 Å². The van der Waals surface area contributed by atoms with Crippen LogP contribution < -0.4 is 4.74 Å². The van der Waals surface area contributed by atoms with E-state index in [1.807, 2.05) is 32.9 Å². The van der Waals surface area contributed by atoms with E-state index in [9.17, 15) is 9.59 Å². The molecule has 1 aliphatic rings. The third kappa shape index (κ3) is 3.83. The van der Waals surface area contributed by atoms with Crippen molar-refractivity contribution < 1.29 is 14.3 Å². The summed E-state index contributed by atoms with van der Waals surface area (Å²) in [6, 6.07) is 4.04. The van der Waals surface area contributed by atoms with Crippen LogP contribution in [0.1, 0.15) is 50.3 Å². The summed E-state index contributed by atoms with van der Waals surface area (Å²) in [7, 11) is 1.66. The highest BCUT2D eigenvalue weighted by atomic mass is 32.2. The van der Waals surface area contributed by atoms with Crippen molar-refractivity contribution in [3.63, 3.8) is 0 Å². The second-order valence-corrected chi connectivity index (χ2v) is 7.78. The van der Waals surface area contributed by atoms with Crippen molar-refractivity contribution >= 4 is 29.0 Å². The Kier molecular flexibility index (Phi) is 5.75. The fourth-order valence-electron chi connectivity index (χ4n) is 2.66. The molecule has 0 aliphatic carbocycles. The van der Waals surface area contributed by atoms with Crippen molar-refractivity contribution in [3.05, 3.63) is 33.7 Å². The lowest BCUT2D eigenvalue weighted by Crippen LogP contribution is -2.31. The first-order valence-corrected chi connectivity index (χ1v) is 9.00. The van der Waals surface area contributed by atoms with E-state index in [2.05, 4.69) is 19.9 Å². The molecule has 1 aromatic rings. The van der Waals surface area contributed by atoms with E-state index in [1.54, 1.807) is 7.11 Å². The van der Waals surface area contributed by atoms with Gasteiger partial charge in [0.1, 0.15) is 5.75 Å². The normalized spacial score (nSPS) is 16.8. The molecule has 5 heteroatoms. The van der Waals surface area contributed by atoms with Crippen molar-refractivity contribution in [2.24, 2.45) is 5.92 Å². The van der Waals surface area contributed by atoms with E-state index in [0.717, 1.165) is 34.2 Å². The molecule has 0 atom stereocenters. The number of carbonyl (C=O) groups excluding carboxylic acids is 2. The SMILES string of the molecule is COc1cc(C)c(C=C2SC(=O)N(CC(C)C)C2=O)cc1C(C)C. The predicted octanol–water partition coefficient (Wildman–Crippen LogP) is 4.82. The molecular weight excluding hydrogens is 322 g/mol. The van der Waals surface area contributed by atoms with Gasteiger partial charge in [0.15, 0.2) is 0 Å². The van der Waals surface area contributed by atoms with Crippen molar-refractivity contribution in [2.45, 2.75) is 40.5 Å². The Morgan fingerprint density at radius 1 is 1.21 bits per heavy atom. The molecule has 2 amide bonds. The first-order valence-electron chi connectivity index (χ1n) is 8.18. The van der Waals surface area contributed by atoms with Crippen molar-refractivity contribution in [3.8, 4) is 5.75 Å². The first kappa shape index (κ1) is 18.6. The van der Waals surface area contributed by atoms with Gasteiger partial charge in [-0.3, -0.25) is 14.5 Å². The number of methoxy groups -OCH3 is 1. The molecule has 0 unspecified atom stereocenters. The van der Waals surface area contributed by atoms with Gasteiger partial charge >= 0.3 is 0 Å². The third-order valence-corrected chi connectivity index (χ3v) is 4.86. The number of nitrogens with zero attached hydrogens (tertiary/aromatic N) is 1. The largest absolute Gasteiger partial charge is 0.496 e. The van der Waals surface area contributed by atoms with Crippen LogP contribution in [0.15, 0.2) is 17.0 Å². The fourth-order valence-corrected chi connectivity index (χ4v) is 3.50. The summed E-state index contributed by atoms with van der Waals surface area (Å²) in [6.45, 7) is 10.6. The number of thioether (sulfide) groups is 1. The van der Waals surface area contributed by atoms with Crippen molar-refractivity contribution in [1.29, 1.82) is 0 Å². The highest BCUT2D eigenvalue weighted by molar-refractivity contribution is 8.18. The Labute approximate surface area is 148 Å².